The molecule has 96 valence electrons. The number of benzene rings is 1. The van der Waals surface area contributed by atoms with Crippen molar-refractivity contribution in [3.8, 4) is 5.75 Å². The molecule has 1 aliphatic heterocycles. The highest BCUT2D eigenvalue weighted by Crippen LogP contribution is 2.34. The van der Waals surface area contributed by atoms with Crippen LogP contribution in [0.5, 0.6) is 5.75 Å². The predicted molar refractivity (Wildman–Crippen MR) is 75.6 cm³/mol. The number of aromatic nitrogens is 1. The third-order valence-electron chi connectivity index (χ3n) is 3.53. The molecular weight excluding hydrogens is 244 g/mol. The van der Waals surface area contributed by atoms with Gasteiger partial charge in [-0.15, -0.1) is 11.3 Å². The van der Waals surface area contributed by atoms with Crippen LogP contribution >= 0.6 is 11.3 Å². The van der Waals surface area contributed by atoms with Gasteiger partial charge in [0.25, 0.3) is 0 Å². The van der Waals surface area contributed by atoms with Gasteiger partial charge in [0.2, 0.25) is 0 Å². The summed E-state index contributed by atoms with van der Waals surface area (Å²) in [5.41, 5.74) is 1.09. The highest BCUT2D eigenvalue weighted by atomic mass is 32.1. The molecule has 2 atom stereocenters. The van der Waals surface area contributed by atoms with E-state index in [1.807, 2.05) is 24.3 Å². The highest BCUT2D eigenvalue weighted by molar-refractivity contribution is 7.18. The van der Waals surface area contributed by atoms with Crippen LogP contribution in [0, 0.1) is 0 Å². The van der Waals surface area contributed by atoms with Crippen molar-refractivity contribution in [1.82, 2.24) is 10.3 Å². The van der Waals surface area contributed by atoms with Crippen LogP contribution in [0.25, 0.3) is 10.2 Å². The van der Waals surface area contributed by atoms with Gasteiger partial charge in [0.15, 0.2) is 0 Å². The Balaban J connectivity index is 1.95. The summed E-state index contributed by atoms with van der Waals surface area (Å²) in [6.07, 6.45) is 1.19. The molecule has 3 rings (SSSR count). The molecule has 18 heavy (non-hydrogen) atoms. The molecule has 3 nitrogen and oxygen atoms in total. The van der Waals surface area contributed by atoms with Crippen molar-refractivity contribution in [3.05, 3.63) is 23.2 Å². The average Bonchev–Trinajstić information content (AvgIpc) is 2.94. The molecular formula is C14H18N2OS. The Bertz CT molecular complexity index is 552. The Hall–Kier alpha value is -1.13. The lowest BCUT2D eigenvalue weighted by atomic mass is 10.0. The Labute approximate surface area is 111 Å². The lowest BCUT2D eigenvalue weighted by molar-refractivity contribution is 0.341. The monoisotopic (exact) mass is 262 g/mol. The largest absolute Gasteiger partial charge is 0.494 e. The zero-order chi connectivity index (χ0) is 12.5. The normalized spacial score (nSPS) is 23.7. The number of nitrogens with zero attached hydrogens (tertiary/aromatic N) is 1. The quantitative estimate of drug-likeness (QED) is 0.922. The van der Waals surface area contributed by atoms with E-state index in [0.29, 0.717) is 18.6 Å². The van der Waals surface area contributed by atoms with Gasteiger partial charge >= 0.3 is 0 Å². The second-order valence-corrected chi connectivity index (χ2v) is 5.81. The van der Waals surface area contributed by atoms with Crippen LogP contribution < -0.4 is 10.1 Å². The number of hydrogen-bond donors (Lipinski definition) is 1. The van der Waals surface area contributed by atoms with Crippen molar-refractivity contribution in [2.75, 3.05) is 13.2 Å². The third-order valence-corrected chi connectivity index (χ3v) is 4.68. The van der Waals surface area contributed by atoms with E-state index < -0.39 is 0 Å². The lowest BCUT2D eigenvalue weighted by Gasteiger charge is -2.10. The number of nitrogens with one attached hydrogen (secondary N) is 1. The van der Waals surface area contributed by atoms with E-state index in [-0.39, 0.29) is 0 Å². The first-order valence-corrected chi connectivity index (χ1v) is 7.36. The van der Waals surface area contributed by atoms with Gasteiger partial charge in [-0.25, -0.2) is 4.98 Å². The fraction of sp³-hybridized carbons (Fsp3) is 0.500. The van der Waals surface area contributed by atoms with Crippen molar-refractivity contribution in [3.63, 3.8) is 0 Å². The van der Waals surface area contributed by atoms with Crippen LogP contribution in [0.1, 0.15) is 31.2 Å². The third kappa shape index (κ3) is 2.10. The van der Waals surface area contributed by atoms with E-state index in [0.717, 1.165) is 17.8 Å². The molecule has 0 aliphatic carbocycles. The summed E-state index contributed by atoms with van der Waals surface area (Å²) in [7, 11) is 0. The van der Waals surface area contributed by atoms with Crippen molar-refractivity contribution in [2.45, 2.75) is 32.2 Å². The summed E-state index contributed by atoms with van der Waals surface area (Å²) in [4.78, 5) is 4.77. The molecule has 1 saturated heterocycles. The minimum Gasteiger partial charge on any atom is -0.494 e. The molecule has 0 amide bonds. The minimum absolute atomic E-state index is 0.539. The fourth-order valence-electron chi connectivity index (χ4n) is 2.53. The zero-order valence-electron chi connectivity index (χ0n) is 10.8. The van der Waals surface area contributed by atoms with Gasteiger partial charge in [-0.2, -0.15) is 0 Å². The van der Waals surface area contributed by atoms with Gasteiger partial charge in [0.1, 0.15) is 5.75 Å². The van der Waals surface area contributed by atoms with Crippen LogP contribution in [0.2, 0.25) is 0 Å². The molecule has 2 unspecified atom stereocenters. The number of thiazole rings is 1. The van der Waals surface area contributed by atoms with Gasteiger partial charge in [0.05, 0.1) is 21.8 Å². The second kappa shape index (κ2) is 4.86. The number of rotatable bonds is 3. The van der Waals surface area contributed by atoms with E-state index in [1.165, 1.54) is 16.1 Å². The number of fused-ring (bicyclic) bond motifs is 1. The SMILES string of the molecule is CCOc1ccc2nc(C3CCNC3C)sc2c1. The lowest BCUT2D eigenvalue weighted by Crippen LogP contribution is -2.21. The maximum Gasteiger partial charge on any atom is 0.120 e. The fourth-order valence-corrected chi connectivity index (χ4v) is 3.77. The highest BCUT2D eigenvalue weighted by Gasteiger charge is 2.27. The van der Waals surface area contributed by atoms with Gasteiger partial charge in [0, 0.05) is 12.0 Å². The van der Waals surface area contributed by atoms with Crippen LogP contribution in [0.15, 0.2) is 18.2 Å². The number of hydrogen-bond acceptors (Lipinski definition) is 4. The van der Waals surface area contributed by atoms with Gasteiger partial charge in [-0.3, -0.25) is 0 Å². The van der Waals surface area contributed by atoms with E-state index in [9.17, 15) is 0 Å². The zero-order valence-corrected chi connectivity index (χ0v) is 11.6. The summed E-state index contributed by atoms with van der Waals surface area (Å²) in [6.45, 7) is 6.07. The Morgan fingerprint density at radius 2 is 2.39 bits per heavy atom. The van der Waals surface area contributed by atoms with E-state index in [2.05, 4.69) is 24.4 Å². The maximum absolute atomic E-state index is 5.54. The summed E-state index contributed by atoms with van der Waals surface area (Å²) >= 11 is 1.81. The van der Waals surface area contributed by atoms with Crippen LogP contribution in [0.4, 0.5) is 0 Å². The molecule has 1 fully saturated rings. The molecule has 0 bridgehead atoms. The molecule has 1 aliphatic rings. The molecule has 1 N–H and O–H groups in total. The first-order valence-electron chi connectivity index (χ1n) is 6.54. The smallest absolute Gasteiger partial charge is 0.120 e. The molecule has 1 aromatic heterocycles. The Kier molecular flexibility index (Phi) is 3.22. The van der Waals surface area contributed by atoms with Crippen LogP contribution in [-0.4, -0.2) is 24.2 Å². The molecule has 4 heteroatoms. The average molecular weight is 262 g/mol. The van der Waals surface area contributed by atoms with Crippen LogP contribution in [-0.2, 0) is 0 Å². The van der Waals surface area contributed by atoms with Crippen molar-refractivity contribution >= 4 is 21.6 Å². The molecule has 0 radical (unpaired) electrons. The molecule has 2 heterocycles. The van der Waals surface area contributed by atoms with Crippen LogP contribution in [0.3, 0.4) is 0 Å². The molecule has 0 saturated carbocycles. The van der Waals surface area contributed by atoms with Gasteiger partial charge < -0.3 is 10.1 Å². The van der Waals surface area contributed by atoms with E-state index >= 15 is 0 Å². The van der Waals surface area contributed by atoms with Gasteiger partial charge in [-0.05, 0) is 45.0 Å². The minimum atomic E-state index is 0.539. The molecule has 2 aromatic rings. The standard InChI is InChI=1S/C14H18N2OS/c1-3-17-10-4-5-12-13(8-10)18-14(16-12)11-6-7-15-9(11)2/h4-5,8-9,11,15H,3,6-7H2,1-2H3. The first kappa shape index (κ1) is 11.9. The summed E-state index contributed by atoms with van der Waals surface area (Å²) in [5, 5.41) is 4.75. The van der Waals surface area contributed by atoms with Crippen molar-refractivity contribution < 1.29 is 4.74 Å². The summed E-state index contributed by atoms with van der Waals surface area (Å²) in [5.74, 6) is 1.51. The molecule has 1 aromatic carbocycles. The maximum atomic E-state index is 5.54. The van der Waals surface area contributed by atoms with E-state index in [4.69, 9.17) is 9.72 Å². The van der Waals surface area contributed by atoms with Gasteiger partial charge in [-0.1, -0.05) is 0 Å². The van der Waals surface area contributed by atoms with Crippen molar-refractivity contribution in [1.29, 1.82) is 0 Å². The summed E-state index contributed by atoms with van der Waals surface area (Å²) < 4.78 is 6.77. The Morgan fingerprint density at radius 1 is 1.50 bits per heavy atom. The Morgan fingerprint density at radius 3 is 3.11 bits per heavy atom. The molecule has 0 spiro atoms. The first-order chi connectivity index (χ1) is 8.78. The predicted octanol–water partition coefficient (Wildman–Crippen LogP) is 3.16. The second-order valence-electron chi connectivity index (χ2n) is 4.75. The van der Waals surface area contributed by atoms with E-state index in [1.54, 1.807) is 0 Å². The number of ether oxygens (including phenoxy) is 1. The topological polar surface area (TPSA) is 34.1 Å². The van der Waals surface area contributed by atoms with Crippen molar-refractivity contribution in [2.24, 2.45) is 0 Å². The summed E-state index contributed by atoms with van der Waals surface area (Å²) in [6, 6.07) is 6.71.